The molecule has 1 aromatic rings. The van der Waals surface area contributed by atoms with E-state index >= 15 is 0 Å². The van der Waals surface area contributed by atoms with Gasteiger partial charge >= 0.3 is 5.97 Å². The van der Waals surface area contributed by atoms with Crippen LogP contribution in [0.3, 0.4) is 0 Å². The molecule has 0 radical (unpaired) electrons. The summed E-state index contributed by atoms with van der Waals surface area (Å²) in [4.78, 5) is 25.2. The quantitative estimate of drug-likeness (QED) is 0.835. The van der Waals surface area contributed by atoms with Crippen molar-refractivity contribution in [2.75, 3.05) is 14.2 Å². The minimum Gasteiger partial charge on any atom is -0.497 e. The summed E-state index contributed by atoms with van der Waals surface area (Å²) in [6.45, 7) is 0.401. The Morgan fingerprint density at radius 3 is 2.30 bits per heavy atom. The van der Waals surface area contributed by atoms with Crippen molar-refractivity contribution in [2.45, 2.75) is 25.8 Å². The number of rotatable bonds is 5. The van der Waals surface area contributed by atoms with Gasteiger partial charge in [0.25, 0.3) is 0 Å². The van der Waals surface area contributed by atoms with Gasteiger partial charge in [-0.2, -0.15) is 0 Å². The fraction of sp³-hybridized carbons (Fsp3) is 0.467. The third kappa shape index (κ3) is 2.48. The molecule has 0 atom stereocenters. The topological polar surface area (TPSA) is 66.8 Å². The van der Waals surface area contributed by atoms with Crippen molar-refractivity contribution in [3.05, 3.63) is 29.8 Å². The average molecular weight is 277 g/mol. The Labute approximate surface area is 118 Å². The molecule has 1 saturated carbocycles. The van der Waals surface area contributed by atoms with Crippen molar-refractivity contribution in [1.82, 2.24) is 4.90 Å². The zero-order chi connectivity index (χ0) is 14.8. The number of nitrogens with zero attached hydrogens (tertiary/aromatic N) is 1. The molecule has 0 aromatic heterocycles. The molecule has 2 rings (SSSR count). The van der Waals surface area contributed by atoms with Crippen molar-refractivity contribution >= 4 is 11.9 Å². The predicted octanol–water partition coefficient (Wildman–Crippen LogP) is 1.91. The Morgan fingerprint density at radius 2 is 1.90 bits per heavy atom. The summed E-state index contributed by atoms with van der Waals surface area (Å²) in [7, 11) is 3.24. The second kappa shape index (κ2) is 5.53. The number of carbonyl (C=O) groups is 2. The van der Waals surface area contributed by atoms with Crippen molar-refractivity contribution in [1.29, 1.82) is 0 Å². The lowest BCUT2D eigenvalue weighted by Crippen LogP contribution is -2.51. The largest absolute Gasteiger partial charge is 0.497 e. The second-order valence-electron chi connectivity index (χ2n) is 5.25. The SMILES string of the molecule is COc1ccc(CN(C)C(=O)C2(C(=O)O)CCC2)cc1. The lowest BCUT2D eigenvalue weighted by Gasteiger charge is -2.38. The van der Waals surface area contributed by atoms with Crippen LogP contribution >= 0.6 is 0 Å². The van der Waals surface area contributed by atoms with Gasteiger partial charge in [-0.15, -0.1) is 0 Å². The Bertz CT molecular complexity index is 505. The van der Waals surface area contributed by atoms with Crippen LogP contribution in [0.1, 0.15) is 24.8 Å². The number of carbonyl (C=O) groups excluding carboxylic acids is 1. The van der Waals surface area contributed by atoms with Gasteiger partial charge in [-0.1, -0.05) is 18.6 Å². The lowest BCUT2D eigenvalue weighted by atomic mass is 9.68. The van der Waals surface area contributed by atoms with Crippen molar-refractivity contribution < 1.29 is 19.4 Å². The number of hydrogen-bond acceptors (Lipinski definition) is 3. The molecule has 5 nitrogen and oxygen atoms in total. The van der Waals surface area contributed by atoms with E-state index in [0.29, 0.717) is 19.4 Å². The Hall–Kier alpha value is -2.04. The van der Waals surface area contributed by atoms with Gasteiger partial charge in [0.2, 0.25) is 5.91 Å². The fourth-order valence-electron chi connectivity index (χ4n) is 2.49. The molecule has 0 heterocycles. The molecule has 0 aliphatic heterocycles. The normalized spacial score (nSPS) is 16.1. The molecule has 108 valence electrons. The number of carboxylic acids is 1. The standard InChI is InChI=1S/C15H19NO4/c1-16(10-11-4-6-12(20-2)7-5-11)13(17)15(14(18)19)8-3-9-15/h4-7H,3,8-10H2,1-2H3,(H,18,19). The molecule has 1 fully saturated rings. The highest BCUT2D eigenvalue weighted by atomic mass is 16.5. The minimum absolute atomic E-state index is 0.299. The van der Waals surface area contributed by atoms with Crippen LogP contribution in [0.25, 0.3) is 0 Å². The monoisotopic (exact) mass is 277 g/mol. The molecule has 20 heavy (non-hydrogen) atoms. The van der Waals surface area contributed by atoms with Crippen LogP contribution < -0.4 is 4.74 Å². The van der Waals surface area contributed by atoms with Crippen molar-refractivity contribution in [3.63, 3.8) is 0 Å². The number of methoxy groups -OCH3 is 1. The summed E-state index contributed by atoms with van der Waals surface area (Å²) in [5.41, 5.74) is -0.247. The van der Waals surface area contributed by atoms with Crippen LogP contribution in [0, 0.1) is 5.41 Å². The fourth-order valence-corrected chi connectivity index (χ4v) is 2.49. The molecule has 1 aliphatic rings. The second-order valence-corrected chi connectivity index (χ2v) is 5.25. The molecule has 5 heteroatoms. The first kappa shape index (κ1) is 14.4. The summed E-state index contributed by atoms with van der Waals surface area (Å²) < 4.78 is 5.08. The average Bonchev–Trinajstić information content (AvgIpc) is 2.37. The summed E-state index contributed by atoms with van der Waals surface area (Å²) >= 11 is 0. The summed E-state index contributed by atoms with van der Waals surface area (Å²) in [6, 6.07) is 7.39. The molecular weight excluding hydrogens is 258 g/mol. The Kier molecular flexibility index (Phi) is 3.97. The van der Waals surface area contributed by atoms with Gasteiger partial charge in [0, 0.05) is 13.6 Å². The molecule has 0 unspecified atom stereocenters. The van der Waals surface area contributed by atoms with E-state index in [4.69, 9.17) is 4.74 Å². The molecular formula is C15H19NO4. The third-order valence-corrected chi connectivity index (χ3v) is 3.95. The van der Waals surface area contributed by atoms with Gasteiger partial charge in [-0.05, 0) is 30.5 Å². The van der Waals surface area contributed by atoms with Crippen molar-refractivity contribution in [2.24, 2.45) is 5.41 Å². The maximum atomic E-state index is 12.3. The number of hydrogen-bond donors (Lipinski definition) is 1. The van der Waals surface area contributed by atoms with Gasteiger partial charge in [0.1, 0.15) is 11.2 Å². The van der Waals surface area contributed by atoms with Crippen LogP contribution in [0.15, 0.2) is 24.3 Å². The molecule has 0 spiro atoms. The van der Waals surface area contributed by atoms with E-state index in [2.05, 4.69) is 0 Å². The van der Waals surface area contributed by atoms with Crippen molar-refractivity contribution in [3.8, 4) is 5.75 Å². The van der Waals surface area contributed by atoms with E-state index in [1.165, 1.54) is 4.90 Å². The van der Waals surface area contributed by atoms with Crippen LogP contribution in [-0.2, 0) is 16.1 Å². The summed E-state index contributed by atoms with van der Waals surface area (Å²) in [5.74, 6) is -0.550. The van der Waals surface area contributed by atoms with E-state index in [1.54, 1.807) is 14.2 Å². The number of amides is 1. The maximum absolute atomic E-state index is 12.3. The number of ether oxygens (including phenoxy) is 1. The number of aliphatic carboxylic acids is 1. The first-order chi connectivity index (χ1) is 9.49. The number of benzene rings is 1. The van der Waals surface area contributed by atoms with Gasteiger partial charge in [0.15, 0.2) is 0 Å². The Balaban J connectivity index is 2.05. The van der Waals surface area contributed by atoms with Gasteiger partial charge in [0.05, 0.1) is 7.11 Å². The summed E-state index contributed by atoms with van der Waals surface area (Å²) in [6.07, 6.45) is 1.68. The van der Waals surface area contributed by atoms with E-state index < -0.39 is 11.4 Å². The first-order valence-electron chi connectivity index (χ1n) is 6.61. The molecule has 1 aromatic carbocycles. The maximum Gasteiger partial charge on any atom is 0.319 e. The van der Waals surface area contributed by atoms with Crippen LogP contribution in [-0.4, -0.2) is 36.0 Å². The van der Waals surface area contributed by atoms with Gasteiger partial charge in [-0.3, -0.25) is 9.59 Å². The zero-order valence-corrected chi connectivity index (χ0v) is 11.8. The molecule has 1 N–H and O–H groups in total. The predicted molar refractivity (Wildman–Crippen MR) is 73.4 cm³/mol. The van der Waals surface area contributed by atoms with Gasteiger partial charge in [-0.25, -0.2) is 0 Å². The summed E-state index contributed by atoms with van der Waals surface area (Å²) in [5, 5.41) is 9.27. The highest BCUT2D eigenvalue weighted by Gasteiger charge is 2.52. The minimum atomic E-state index is -1.19. The zero-order valence-electron chi connectivity index (χ0n) is 11.8. The van der Waals surface area contributed by atoms with E-state index in [1.807, 2.05) is 24.3 Å². The van der Waals surface area contributed by atoms with Gasteiger partial charge < -0.3 is 14.7 Å². The Morgan fingerprint density at radius 1 is 1.30 bits per heavy atom. The number of carboxylic acid groups (broad SMARTS) is 1. The van der Waals surface area contributed by atoms with Crippen LogP contribution in [0.4, 0.5) is 0 Å². The van der Waals surface area contributed by atoms with E-state index in [9.17, 15) is 14.7 Å². The van der Waals surface area contributed by atoms with Crippen LogP contribution in [0.5, 0.6) is 5.75 Å². The molecule has 1 amide bonds. The highest BCUT2D eigenvalue weighted by Crippen LogP contribution is 2.42. The third-order valence-electron chi connectivity index (χ3n) is 3.95. The smallest absolute Gasteiger partial charge is 0.319 e. The lowest BCUT2D eigenvalue weighted by molar-refractivity contribution is -0.167. The molecule has 0 saturated heterocycles. The molecule has 0 bridgehead atoms. The van der Waals surface area contributed by atoms with E-state index in [0.717, 1.165) is 17.7 Å². The van der Waals surface area contributed by atoms with Crippen LogP contribution in [0.2, 0.25) is 0 Å². The highest BCUT2D eigenvalue weighted by molar-refractivity contribution is 6.02. The van der Waals surface area contributed by atoms with E-state index in [-0.39, 0.29) is 5.91 Å². The molecule has 1 aliphatic carbocycles. The first-order valence-corrected chi connectivity index (χ1v) is 6.61.